The number of benzene rings is 1. The van der Waals surface area contributed by atoms with E-state index in [4.69, 9.17) is 10.5 Å². The summed E-state index contributed by atoms with van der Waals surface area (Å²) in [6.45, 7) is 2.96. The number of nitrogens with two attached hydrogens (primary N) is 1. The highest BCUT2D eigenvalue weighted by atomic mass is 19.1. The number of rotatable bonds is 9. The highest BCUT2D eigenvalue weighted by Gasteiger charge is 2.33. The zero-order valence-electron chi connectivity index (χ0n) is 19.5. The Morgan fingerprint density at radius 3 is 2.80 bits per heavy atom. The zero-order valence-corrected chi connectivity index (χ0v) is 19.5. The van der Waals surface area contributed by atoms with Crippen LogP contribution in [0.2, 0.25) is 0 Å². The molecule has 2 aromatic rings. The van der Waals surface area contributed by atoms with E-state index in [1.54, 1.807) is 0 Å². The fourth-order valence-corrected chi connectivity index (χ4v) is 4.67. The second-order valence-corrected chi connectivity index (χ2v) is 9.45. The minimum absolute atomic E-state index is 0.0114. The lowest BCUT2D eigenvalue weighted by Gasteiger charge is -2.31. The van der Waals surface area contributed by atoms with Crippen molar-refractivity contribution in [3.05, 3.63) is 35.9 Å². The van der Waals surface area contributed by atoms with Crippen molar-refractivity contribution in [1.82, 2.24) is 14.9 Å². The first-order valence-corrected chi connectivity index (χ1v) is 12.0. The topological polar surface area (TPSA) is 126 Å². The molecule has 0 radical (unpaired) electrons. The molecule has 2 fully saturated rings. The van der Waals surface area contributed by atoms with Crippen LogP contribution in [-0.4, -0.2) is 65.5 Å². The third kappa shape index (κ3) is 5.61. The van der Waals surface area contributed by atoms with Crippen molar-refractivity contribution in [2.45, 2.75) is 38.3 Å². The zero-order chi connectivity index (χ0) is 24.4. The molecule has 1 saturated heterocycles. The van der Waals surface area contributed by atoms with Crippen molar-refractivity contribution < 1.29 is 18.7 Å². The summed E-state index contributed by atoms with van der Waals surface area (Å²) >= 11 is 0. The molecular weight excluding hydrogens is 453 g/mol. The number of hydrogen-bond donors (Lipinski definition) is 3. The van der Waals surface area contributed by atoms with Crippen molar-refractivity contribution in [2.24, 2.45) is 11.7 Å². The summed E-state index contributed by atoms with van der Waals surface area (Å²) < 4.78 is 21.1. The summed E-state index contributed by atoms with van der Waals surface area (Å²) in [5.74, 6) is 0.533. The third-order valence-electron chi connectivity index (χ3n) is 6.71. The standard InChI is InChI=1S/C24H30FN7O3/c25-22-23(27-10-15-5-7-31(8-6-15)12-20(26)33)28-14-29-24(22)32(17-2-3-17)11-16-1-4-18-19(9-16)35-13-21(34)30-18/h1,4,9,14-15,17H,2-3,5-8,10-13H2,(H2,26,33)(H,30,34)(H,27,28,29). The predicted molar refractivity (Wildman–Crippen MR) is 129 cm³/mol. The molecule has 11 heteroatoms. The normalized spacial score (nSPS) is 18.4. The quantitative estimate of drug-likeness (QED) is 0.492. The first kappa shape index (κ1) is 23.3. The lowest BCUT2D eigenvalue weighted by Crippen LogP contribution is -2.40. The largest absolute Gasteiger partial charge is 0.482 e. The van der Waals surface area contributed by atoms with Gasteiger partial charge in [-0.25, -0.2) is 9.97 Å². The van der Waals surface area contributed by atoms with Gasteiger partial charge in [-0.1, -0.05) is 6.07 Å². The third-order valence-corrected chi connectivity index (χ3v) is 6.71. The highest BCUT2D eigenvalue weighted by molar-refractivity contribution is 5.95. The molecule has 0 bridgehead atoms. The molecule has 0 unspecified atom stereocenters. The summed E-state index contributed by atoms with van der Waals surface area (Å²) in [7, 11) is 0. The van der Waals surface area contributed by atoms with Gasteiger partial charge in [-0.2, -0.15) is 4.39 Å². The smallest absolute Gasteiger partial charge is 0.262 e. The van der Waals surface area contributed by atoms with Crippen molar-refractivity contribution >= 4 is 29.1 Å². The van der Waals surface area contributed by atoms with E-state index in [1.165, 1.54) is 6.33 Å². The van der Waals surface area contributed by atoms with E-state index >= 15 is 4.39 Å². The van der Waals surface area contributed by atoms with E-state index in [2.05, 4.69) is 25.5 Å². The number of nitrogens with one attached hydrogen (secondary N) is 2. The molecule has 2 amide bonds. The summed E-state index contributed by atoms with van der Waals surface area (Å²) in [5.41, 5.74) is 6.87. The van der Waals surface area contributed by atoms with Gasteiger partial charge in [0.1, 0.15) is 12.1 Å². The van der Waals surface area contributed by atoms with Crippen LogP contribution in [-0.2, 0) is 16.1 Å². The van der Waals surface area contributed by atoms with Crippen LogP contribution in [0.5, 0.6) is 5.75 Å². The molecule has 1 aliphatic carbocycles. The van der Waals surface area contributed by atoms with Crippen LogP contribution in [0.1, 0.15) is 31.2 Å². The summed E-state index contributed by atoms with van der Waals surface area (Å²) in [6.07, 6.45) is 5.18. The van der Waals surface area contributed by atoms with E-state index in [0.29, 0.717) is 30.4 Å². The van der Waals surface area contributed by atoms with Crippen LogP contribution in [0.3, 0.4) is 0 Å². The lowest BCUT2D eigenvalue weighted by molar-refractivity contribution is -0.119. The molecule has 5 rings (SSSR count). The van der Waals surface area contributed by atoms with Gasteiger partial charge in [0.25, 0.3) is 5.91 Å². The summed E-state index contributed by atoms with van der Waals surface area (Å²) in [6, 6.07) is 5.82. The number of amides is 2. The Morgan fingerprint density at radius 2 is 2.06 bits per heavy atom. The molecule has 1 aromatic carbocycles. The average molecular weight is 484 g/mol. The molecule has 3 aliphatic rings. The van der Waals surface area contributed by atoms with Crippen LogP contribution in [0.4, 0.5) is 21.7 Å². The number of nitrogens with zero attached hydrogens (tertiary/aromatic N) is 4. The number of fused-ring (bicyclic) bond motifs is 1. The molecule has 3 heterocycles. The molecule has 4 N–H and O–H groups in total. The SMILES string of the molecule is NC(=O)CN1CCC(CNc2ncnc(N(Cc3ccc4c(c3)OCC(=O)N4)C3CC3)c2F)CC1. The highest BCUT2D eigenvalue weighted by Crippen LogP contribution is 2.36. The van der Waals surface area contributed by atoms with E-state index in [-0.39, 0.29) is 42.6 Å². The maximum Gasteiger partial charge on any atom is 0.262 e. The molecule has 1 saturated carbocycles. The maximum absolute atomic E-state index is 15.5. The molecular formula is C24H30FN7O3. The predicted octanol–water partition coefficient (Wildman–Crippen LogP) is 1.72. The summed E-state index contributed by atoms with van der Waals surface area (Å²) in [4.78, 5) is 35.1. The number of primary amides is 1. The Hall–Kier alpha value is -3.47. The number of piperidine rings is 1. The van der Waals surface area contributed by atoms with E-state index < -0.39 is 5.82 Å². The fourth-order valence-electron chi connectivity index (χ4n) is 4.67. The fraction of sp³-hybridized carbons (Fsp3) is 0.500. The number of carbonyl (C=O) groups excluding carboxylic acids is 2. The first-order chi connectivity index (χ1) is 17.0. The first-order valence-electron chi connectivity index (χ1n) is 12.0. The number of aromatic nitrogens is 2. The molecule has 186 valence electrons. The van der Waals surface area contributed by atoms with Crippen LogP contribution < -0.4 is 26.0 Å². The number of hydrogen-bond acceptors (Lipinski definition) is 8. The monoisotopic (exact) mass is 483 g/mol. The molecule has 2 aliphatic heterocycles. The van der Waals surface area contributed by atoms with Gasteiger partial charge in [-0.15, -0.1) is 0 Å². The van der Waals surface area contributed by atoms with Crippen molar-refractivity contribution in [3.8, 4) is 5.75 Å². The molecule has 0 spiro atoms. The maximum atomic E-state index is 15.5. The second-order valence-electron chi connectivity index (χ2n) is 9.45. The van der Waals surface area contributed by atoms with Gasteiger partial charge >= 0.3 is 0 Å². The van der Waals surface area contributed by atoms with Crippen LogP contribution >= 0.6 is 0 Å². The Balaban J connectivity index is 1.24. The lowest BCUT2D eigenvalue weighted by atomic mass is 9.97. The number of halogens is 1. The van der Waals surface area contributed by atoms with Crippen molar-refractivity contribution in [1.29, 1.82) is 0 Å². The number of anilines is 3. The van der Waals surface area contributed by atoms with Crippen molar-refractivity contribution in [2.75, 3.05) is 48.3 Å². The van der Waals surface area contributed by atoms with Crippen LogP contribution in [0.15, 0.2) is 24.5 Å². The van der Waals surface area contributed by atoms with Gasteiger partial charge in [-0.3, -0.25) is 14.5 Å². The molecule has 1 aromatic heterocycles. The number of carbonyl (C=O) groups is 2. The van der Waals surface area contributed by atoms with Gasteiger partial charge in [0.15, 0.2) is 18.2 Å². The Bertz CT molecular complexity index is 1100. The summed E-state index contributed by atoms with van der Waals surface area (Å²) in [5, 5.41) is 5.96. The van der Waals surface area contributed by atoms with E-state index in [0.717, 1.165) is 44.3 Å². The van der Waals surface area contributed by atoms with Gasteiger partial charge in [0.05, 0.1) is 12.2 Å². The van der Waals surface area contributed by atoms with Gasteiger partial charge < -0.3 is 26.0 Å². The number of likely N-dealkylation sites (tertiary alicyclic amines) is 1. The molecule has 10 nitrogen and oxygen atoms in total. The van der Waals surface area contributed by atoms with Gasteiger partial charge in [0, 0.05) is 19.1 Å². The Morgan fingerprint density at radius 1 is 1.26 bits per heavy atom. The minimum atomic E-state index is -0.452. The van der Waals surface area contributed by atoms with Gasteiger partial charge in [-0.05, 0) is 62.4 Å². The molecule has 35 heavy (non-hydrogen) atoms. The van der Waals surface area contributed by atoms with Gasteiger partial charge in [0.2, 0.25) is 11.7 Å². The van der Waals surface area contributed by atoms with Crippen LogP contribution in [0, 0.1) is 11.7 Å². The van der Waals surface area contributed by atoms with E-state index in [9.17, 15) is 9.59 Å². The van der Waals surface area contributed by atoms with Crippen LogP contribution in [0.25, 0.3) is 0 Å². The molecule has 0 atom stereocenters. The Kier molecular flexibility index (Phi) is 6.67. The van der Waals surface area contributed by atoms with E-state index in [1.807, 2.05) is 23.1 Å². The Labute approximate surface area is 203 Å². The number of ether oxygens (including phenoxy) is 1. The second kappa shape index (κ2) is 10.0. The minimum Gasteiger partial charge on any atom is -0.482 e. The average Bonchev–Trinajstić information content (AvgIpc) is 3.68. The van der Waals surface area contributed by atoms with Crippen molar-refractivity contribution in [3.63, 3.8) is 0 Å².